The third-order valence-corrected chi connectivity index (χ3v) is 5.77. The monoisotopic (exact) mass is 210 g/mol. The summed E-state index contributed by atoms with van der Waals surface area (Å²) in [4.78, 5) is 0. The summed E-state index contributed by atoms with van der Waals surface area (Å²) in [5, 5.41) is 0. The molecule has 0 heterocycles. The minimum absolute atomic E-state index is 0.542. The van der Waals surface area contributed by atoms with E-state index in [4.69, 9.17) is 11.1 Å². The maximum Gasteiger partial charge on any atom is 0.154 e. The molecule has 0 spiro atoms. The van der Waals surface area contributed by atoms with Gasteiger partial charge in [-0.3, -0.25) is 0 Å². The van der Waals surface area contributed by atoms with Crippen molar-refractivity contribution in [3.05, 3.63) is 30.7 Å². The van der Waals surface area contributed by atoms with Gasteiger partial charge in [-0.25, -0.2) is 0 Å². The molecular formula is C11H15ClSi. The van der Waals surface area contributed by atoms with Crippen LogP contribution in [-0.4, -0.2) is 7.38 Å². The second-order valence-electron chi connectivity index (χ2n) is 4.46. The fraction of sp³-hybridized carbons (Fsp3) is 0.545. The Morgan fingerprint density at radius 3 is 2.69 bits per heavy atom. The minimum atomic E-state index is -1.56. The lowest BCUT2D eigenvalue weighted by atomic mass is 9.92. The van der Waals surface area contributed by atoms with Gasteiger partial charge in [0.05, 0.1) is 0 Å². The molecule has 0 saturated heterocycles. The van der Waals surface area contributed by atoms with Crippen molar-refractivity contribution in [3.63, 3.8) is 0 Å². The number of rotatable bonds is 1. The van der Waals surface area contributed by atoms with Gasteiger partial charge in [-0.1, -0.05) is 37.4 Å². The summed E-state index contributed by atoms with van der Waals surface area (Å²) in [7, 11) is -1.56. The first-order chi connectivity index (χ1) is 6.09. The third-order valence-electron chi connectivity index (χ3n) is 3.00. The second kappa shape index (κ2) is 3.29. The predicted molar refractivity (Wildman–Crippen MR) is 60.2 cm³/mol. The fourth-order valence-electron chi connectivity index (χ4n) is 2.33. The average molecular weight is 211 g/mol. The maximum atomic E-state index is 6.48. The van der Waals surface area contributed by atoms with E-state index >= 15 is 0 Å². The van der Waals surface area contributed by atoms with Crippen molar-refractivity contribution in [3.8, 4) is 0 Å². The van der Waals surface area contributed by atoms with E-state index in [2.05, 4.69) is 43.8 Å². The molecule has 3 atom stereocenters. The van der Waals surface area contributed by atoms with Crippen LogP contribution in [0.15, 0.2) is 24.3 Å². The van der Waals surface area contributed by atoms with E-state index in [0.29, 0.717) is 17.4 Å². The molecule has 1 fully saturated rings. The zero-order valence-electron chi connectivity index (χ0n) is 8.13. The number of fused-ring (bicyclic) bond motifs is 1. The molecule has 0 aromatic heterocycles. The minimum Gasteiger partial charge on any atom is -0.167 e. The number of allylic oxidation sites excluding steroid dienone is 4. The van der Waals surface area contributed by atoms with Gasteiger partial charge in [-0.15, -0.1) is 0 Å². The molecule has 0 amide bonds. The second-order valence-corrected chi connectivity index (χ2v) is 11.1. The summed E-state index contributed by atoms with van der Waals surface area (Å²) < 4.78 is 0. The Kier molecular flexibility index (Phi) is 2.41. The van der Waals surface area contributed by atoms with Gasteiger partial charge in [0.25, 0.3) is 0 Å². The third kappa shape index (κ3) is 1.77. The lowest BCUT2D eigenvalue weighted by Gasteiger charge is -2.28. The van der Waals surface area contributed by atoms with E-state index < -0.39 is 7.38 Å². The van der Waals surface area contributed by atoms with Crippen LogP contribution in [0.5, 0.6) is 0 Å². The number of hydrogen-bond acceptors (Lipinski definition) is 0. The van der Waals surface area contributed by atoms with E-state index in [1.165, 1.54) is 0 Å². The Morgan fingerprint density at radius 2 is 2.00 bits per heavy atom. The molecule has 0 N–H and O–H groups in total. The molecule has 2 aliphatic carbocycles. The largest absolute Gasteiger partial charge is 0.167 e. The lowest BCUT2D eigenvalue weighted by molar-refractivity contribution is 0.547. The first kappa shape index (κ1) is 9.54. The highest BCUT2D eigenvalue weighted by molar-refractivity contribution is 7.20. The molecule has 0 aromatic carbocycles. The molecule has 3 unspecified atom stereocenters. The van der Waals surface area contributed by atoms with Crippen molar-refractivity contribution < 1.29 is 0 Å². The van der Waals surface area contributed by atoms with Gasteiger partial charge in [0.15, 0.2) is 7.38 Å². The predicted octanol–water partition coefficient (Wildman–Crippen LogP) is 3.64. The first-order valence-electron chi connectivity index (χ1n) is 4.86. The zero-order chi connectivity index (χ0) is 9.47. The van der Waals surface area contributed by atoms with Crippen LogP contribution in [0.2, 0.25) is 18.6 Å². The van der Waals surface area contributed by atoms with Gasteiger partial charge in [-0.05, 0) is 30.2 Å². The molecule has 2 radical (unpaired) electrons. The molecule has 0 bridgehead atoms. The average Bonchev–Trinajstić information content (AvgIpc) is 2.45. The van der Waals surface area contributed by atoms with Gasteiger partial charge in [-0.2, -0.15) is 11.1 Å². The van der Waals surface area contributed by atoms with Crippen molar-refractivity contribution in [2.45, 2.75) is 25.1 Å². The Morgan fingerprint density at radius 1 is 1.31 bits per heavy atom. The summed E-state index contributed by atoms with van der Waals surface area (Å²) in [5.74, 6) is 1.32. The van der Waals surface area contributed by atoms with Crippen LogP contribution in [0.1, 0.15) is 6.42 Å². The summed E-state index contributed by atoms with van der Waals surface area (Å²) in [6, 6.07) is 0. The van der Waals surface area contributed by atoms with Crippen LogP contribution in [-0.2, 0) is 0 Å². The van der Waals surface area contributed by atoms with Crippen molar-refractivity contribution in [2.75, 3.05) is 0 Å². The van der Waals surface area contributed by atoms with Crippen LogP contribution in [0.4, 0.5) is 0 Å². The molecular weight excluding hydrogens is 196 g/mol. The topological polar surface area (TPSA) is 0 Å². The van der Waals surface area contributed by atoms with Gasteiger partial charge in [0.1, 0.15) is 0 Å². The maximum absolute atomic E-state index is 6.48. The van der Waals surface area contributed by atoms with Crippen LogP contribution in [0, 0.1) is 18.3 Å². The summed E-state index contributed by atoms with van der Waals surface area (Å²) in [6.45, 7) is 4.45. The van der Waals surface area contributed by atoms with Crippen molar-refractivity contribution in [2.24, 2.45) is 11.8 Å². The van der Waals surface area contributed by atoms with Crippen LogP contribution in [0.25, 0.3) is 0 Å². The Bertz CT molecular complexity index is 249. The molecule has 2 aliphatic rings. The molecule has 13 heavy (non-hydrogen) atoms. The number of hydrogen-bond donors (Lipinski definition) is 0. The quantitative estimate of drug-likeness (QED) is 0.458. The Balaban J connectivity index is 2.18. The van der Waals surface area contributed by atoms with E-state index in [1.807, 2.05) is 0 Å². The van der Waals surface area contributed by atoms with Crippen LogP contribution in [0.3, 0.4) is 0 Å². The van der Waals surface area contributed by atoms with E-state index in [-0.39, 0.29) is 0 Å². The van der Waals surface area contributed by atoms with Gasteiger partial charge in [0.2, 0.25) is 0 Å². The molecule has 2 heteroatoms. The smallest absolute Gasteiger partial charge is 0.154 e. The van der Waals surface area contributed by atoms with Gasteiger partial charge < -0.3 is 0 Å². The molecule has 1 saturated carbocycles. The molecule has 0 nitrogen and oxygen atoms in total. The highest BCUT2D eigenvalue weighted by atomic mass is 35.6. The Hall–Kier alpha value is -0.0131. The molecule has 2 rings (SSSR count). The van der Waals surface area contributed by atoms with Gasteiger partial charge >= 0.3 is 0 Å². The number of halogens is 1. The summed E-state index contributed by atoms with van der Waals surface area (Å²) >= 11 is 6.48. The van der Waals surface area contributed by atoms with Crippen molar-refractivity contribution >= 4 is 18.5 Å². The SMILES string of the molecule is C[Si](C)(Cl)C1[C]CC2C=CC=CC21. The highest BCUT2D eigenvalue weighted by Gasteiger charge is 2.43. The Labute approximate surface area is 86.4 Å². The normalized spacial score (nSPS) is 37.9. The summed E-state index contributed by atoms with van der Waals surface area (Å²) in [6.07, 6.45) is 13.6. The van der Waals surface area contributed by atoms with E-state index in [0.717, 1.165) is 6.42 Å². The lowest BCUT2D eigenvalue weighted by Crippen LogP contribution is -2.29. The standard InChI is InChI=1S/C11H15ClSi/c1-13(2,12)11-8-7-9-5-3-4-6-10(9)11/h3-6,9-11H,7H2,1-2H3. The molecule has 0 aliphatic heterocycles. The zero-order valence-corrected chi connectivity index (χ0v) is 9.88. The van der Waals surface area contributed by atoms with Crippen molar-refractivity contribution in [1.82, 2.24) is 0 Å². The summed E-state index contributed by atoms with van der Waals surface area (Å²) in [5.41, 5.74) is 0.542. The van der Waals surface area contributed by atoms with Crippen LogP contribution >= 0.6 is 11.1 Å². The first-order valence-corrected chi connectivity index (χ1v) is 8.95. The van der Waals surface area contributed by atoms with Crippen molar-refractivity contribution in [1.29, 1.82) is 0 Å². The van der Waals surface area contributed by atoms with Crippen LogP contribution < -0.4 is 0 Å². The van der Waals surface area contributed by atoms with Gasteiger partial charge in [0, 0.05) is 0 Å². The highest BCUT2D eigenvalue weighted by Crippen LogP contribution is 2.49. The molecule has 0 aromatic rings. The van der Waals surface area contributed by atoms with E-state index in [9.17, 15) is 0 Å². The van der Waals surface area contributed by atoms with E-state index in [1.54, 1.807) is 0 Å². The molecule has 70 valence electrons. The fourth-order valence-corrected chi connectivity index (χ4v) is 4.88.